The van der Waals surface area contributed by atoms with Gasteiger partial charge in [0, 0.05) is 36.4 Å². The van der Waals surface area contributed by atoms with Crippen molar-refractivity contribution >= 4 is 11.7 Å². The van der Waals surface area contributed by atoms with E-state index in [2.05, 4.69) is 29.2 Å². The van der Waals surface area contributed by atoms with Crippen LogP contribution in [-0.2, 0) is 35.2 Å². The molecule has 3 heterocycles. The van der Waals surface area contributed by atoms with Crippen LogP contribution in [0.5, 0.6) is 0 Å². The Kier molecular flexibility index (Phi) is 7.42. The van der Waals surface area contributed by atoms with Crippen molar-refractivity contribution in [2.24, 2.45) is 0 Å². The third-order valence-corrected chi connectivity index (χ3v) is 7.08. The van der Waals surface area contributed by atoms with Crippen LogP contribution in [0.25, 0.3) is 0 Å². The first-order chi connectivity index (χ1) is 17.2. The molecule has 0 radical (unpaired) electrons. The summed E-state index contributed by atoms with van der Waals surface area (Å²) in [5, 5.41) is 14.4. The van der Waals surface area contributed by atoms with Crippen molar-refractivity contribution < 1.29 is 14.6 Å². The lowest BCUT2D eigenvalue weighted by atomic mass is 9.95. The van der Waals surface area contributed by atoms with Crippen molar-refractivity contribution in [3.63, 3.8) is 0 Å². The zero-order valence-electron chi connectivity index (χ0n) is 20.2. The summed E-state index contributed by atoms with van der Waals surface area (Å²) in [4.78, 5) is 18.9. The molecule has 1 atom stereocenters. The highest BCUT2D eigenvalue weighted by Gasteiger charge is 2.21. The number of hydrogen-bond acceptors (Lipinski definition) is 5. The zero-order chi connectivity index (χ0) is 24.0. The van der Waals surface area contributed by atoms with E-state index in [1.807, 2.05) is 29.1 Å². The van der Waals surface area contributed by atoms with E-state index in [9.17, 15) is 9.90 Å². The number of carboxylic acid groups (broad SMARTS) is 1. The highest BCUT2D eigenvalue weighted by atomic mass is 16.5. The standard InChI is InChI=1S/C28H34N4O3/c33-28(34)20-27(22-6-3-9-25(19-22)31-15-17-35-18-16-31)32-14-13-24(30-32)8-4-7-23-12-11-21-5-1-2-10-26(21)29-23/h3,6,9,11-14,19,27H,1-2,4-5,7-8,10,15-18,20H2,(H,33,34). The van der Waals surface area contributed by atoms with Crippen molar-refractivity contribution in [3.05, 3.63) is 76.9 Å². The van der Waals surface area contributed by atoms with E-state index in [0.717, 1.165) is 67.8 Å². The van der Waals surface area contributed by atoms with Gasteiger partial charge in [0.15, 0.2) is 0 Å². The largest absolute Gasteiger partial charge is 0.481 e. The minimum Gasteiger partial charge on any atom is -0.481 e. The summed E-state index contributed by atoms with van der Waals surface area (Å²) in [6, 6.07) is 14.3. The van der Waals surface area contributed by atoms with Gasteiger partial charge < -0.3 is 14.7 Å². The fraction of sp³-hybridized carbons (Fsp3) is 0.464. The highest BCUT2D eigenvalue weighted by molar-refractivity contribution is 5.68. The van der Waals surface area contributed by atoms with E-state index in [4.69, 9.17) is 14.8 Å². The fourth-order valence-electron chi connectivity index (χ4n) is 5.18. The van der Waals surface area contributed by atoms with Gasteiger partial charge in [-0.1, -0.05) is 18.2 Å². The quantitative estimate of drug-likeness (QED) is 0.500. The second-order valence-electron chi connectivity index (χ2n) is 9.56. The van der Waals surface area contributed by atoms with E-state index in [-0.39, 0.29) is 12.5 Å². The van der Waals surface area contributed by atoms with Crippen molar-refractivity contribution in [1.82, 2.24) is 14.8 Å². The minimum atomic E-state index is -0.831. The van der Waals surface area contributed by atoms with Crippen LogP contribution < -0.4 is 4.90 Å². The van der Waals surface area contributed by atoms with E-state index < -0.39 is 5.97 Å². The van der Waals surface area contributed by atoms with E-state index in [0.29, 0.717) is 13.2 Å². The van der Waals surface area contributed by atoms with Crippen LogP contribution in [0.1, 0.15) is 59.9 Å². The first kappa shape index (κ1) is 23.5. The molecule has 0 bridgehead atoms. The van der Waals surface area contributed by atoms with Crippen LogP contribution >= 0.6 is 0 Å². The van der Waals surface area contributed by atoms with Crippen LogP contribution in [0.3, 0.4) is 0 Å². The summed E-state index contributed by atoms with van der Waals surface area (Å²) >= 11 is 0. The molecule has 1 N–H and O–H groups in total. The van der Waals surface area contributed by atoms with Crippen molar-refractivity contribution in [2.75, 3.05) is 31.2 Å². The average molecular weight is 475 g/mol. The van der Waals surface area contributed by atoms with Gasteiger partial charge in [-0.05, 0) is 80.3 Å². The lowest BCUT2D eigenvalue weighted by Crippen LogP contribution is -2.36. The molecule has 2 aliphatic rings. The Hall–Kier alpha value is -3.19. The summed E-state index contributed by atoms with van der Waals surface area (Å²) in [7, 11) is 0. The molecule has 1 aliphatic heterocycles. The van der Waals surface area contributed by atoms with Gasteiger partial charge in [0.1, 0.15) is 0 Å². The highest BCUT2D eigenvalue weighted by Crippen LogP contribution is 2.27. The molecule has 1 aliphatic carbocycles. The van der Waals surface area contributed by atoms with Crippen LogP contribution in [0, 0.1) is 0 Å². The molecular formula is C28H34N4O3. The van der Waals surface area contributed by atoms with Crippen LogP contribution in [0.4, 0.5) is 5.69 Å². The normalized spacial score (nSPS) is 16.6. The monoisotopic (exact) mass is 474 g/mol. The molecule has 0 spiro atoms. The maximum atomic E-state index is 11.7. The molecule has 5 rings (SSSR count). The maximum Gasteiger partial charge on any atom is 0.305 e. The van der Waals surface area contributed by atoms with Gasteiger partial charge in [-0.25, -0.2) is 0 Å². The van der Waals surface area contributed by atoms with Crippen molar-refractivity contribution in [1.29, 1.82) is 0 Å². The Morgan fingerprint density at radius 1 is 1.03 bits per heavy atom. The fourth-order valence-corrected chi connectivity index (χ4v) is 5.18. The molecular weight excluding hydrogens is 440 g/mol. The molecule has 3 aromatic rings. The minimum absolute atomic E-state index is 0.00721. The number of morpholine rings is 1. The molecule has 1 unspecified atom stereocenters. The zero-order valence-corrected chi connectivity index (χ0v) is 20.2. The Balaban J connectivity index is 1.25. The topological polar surface area (TPSA) is 80.5 Å². The number of carboxylic acids is 1. The number of pyridine rings is 1. The SMILES string of the molecule is O=C(O)CC(c1cccc(N2CCOCC2)c1)n1ccc(CCCc2ccc3c(n2)CCCC3)n1. The van der Waals surface area contributed by atoms with Gasteiger partial charge in [-0.2, -0.15) is 5.10 Å². The van der Waals surface area contributed by atoms with Crippen molar-refractivity contribution in [3.8, 4) is 0 Å². The molecule has 0 saturated carbocycles. The van der Waals surface area contributed by atoms with Gasteiger partial charge in [-0.3, -0.25) is 14.5 Å². The number of fused-ring (bicyclic) bond motifs is 1. The van der Waals surface area contributed by atoms with Gasteiger partial charge in [0.2, 0.25) is 0 Å². The number of ether oxygens (including phenoxy) is 1. The predicted octanol–water partition coefficient (Wildman–Crippen LogP) is 4.23. The summed E-state index contributed by atoms with van der Waals surface area (Å²) in [5.41, 5.74) is 6.92. The molecule has 184 valence electrons. The van der Waals surface area contributed by atoms with Gasteiger partial charge in [0.05, 0.1) is 31.4 Å². The molecule has 0 amide bonds. The summed E-state index contributed by atoms with van der Waals surface area (Å²) < 4.78 is 7.29. The van der Waals surface area contributed by atoms with Crippen LogP contribution in [-0.4, -0.2) is 52.1 Å². The van der Waals surface area contributed by atoms with Gasteiger partial charge in [-0.15, -0.1) is 0 Å². The summed E-state index contributed by atoms with van der Waals surface area (Å²) in [5.74, 6) is -0.831. The number of rotatable bonds is 9. The number of nitrogens with zero attached hydrogens (tertiary/aromatic N) is 4. The second-order valence-corrected chi connectivity index (χ2v) is 9.56. The number of aromatic nitrogens is 3. The Bertz CT molecular complexity index is 1150. The molecule has 35 heavy (non-hydrogen) atoms. The average Bonchev–Trinajstić information content (AvgIpc) is 3.36. The third-order valence-electron chi connectivity index (χ3n) is 7.08. The third kappa shape index (κ3) is 5.90. The lowest BCUT2D eigenvalue weighted by Gasteiger charge is -2.29. The van der Waals surface area contributed by atoms with E-state index in [1.54, 1.807) is 0 Å². The Labute approximate surface area is 206 Å². The number of anilines is 1. The van der Waals surface area contributed by atoms with E-state index >= 15 is 0 Å². The number of benzene rings is 1. The summed E-state index contributed by atoms with van der Waals surface area (Å²) in [6.07, 6.45) is 9.44. The summed E-state index contributed by atoms with van der Waals surface area (Å²) in [6.45, 7) is 3.12. The predicted molar refractivity (Wildman–Crippen MR) is 135 cm³/mol. The van der Waals surface area contributed by atoms with E-state index in [1.165, 1.54) is 24.1 Å². The number of aliphatic carboxylic acids is 1. The molecule has 2 aromatic heterocycles. The second kappa shape index (κ2) is 11.0. The molecule has 7 nitrogen and oxygen atoms in total. The molecule has 1 saturated heterocycles. The van der Waals surface area contributed by atoms with Crippen LogP contribution in [0.2, 0.25) is 0 Å². The van der Waals surface area contributed by atoms with Crippen molar-refractivity contribution in [2.45, 2.75) is 57.4 Å². The number of hydrogen-bond donors (Lipinski definition) is 1. The Morgan fingerprint density at radius 2 is 1.86 bits per heavy atom. The van der Waals surface area contributed by atoms with Gasteiger partial charge in [0.25, 0.3) is 0 Å². The van der Waals surface area contributed by atoms with Crippen LogP contribution in [0.15, 0.2) is 48.7 Å². The first-order valence-corrected chi connectivity index (χ1v) is 12.8. The number of carbonyl (C=O) groups is 1. The lowest BCUT2D eigenvalue weighted by molar-refractivity contribution is -0.137. The Morgan fingerprint density at radius 3 is 2.71 bits per heavy atom. The molecule has 1 aromatic carbocycles. The first-order valence-electron chi connectivity index (χ1n) is 12.8. The smallest absolute Gasteiger partial charge is 0.305 e. The molecule has 7 heteroatoms. The molecule has 1 fully saturated rings. The maximum absolute atomic E-state index is 11.7. The number of aryl methyl sites for hydroxylation is 4. The van der Waals surface area contributed by atoms with Gasteiger partial charge >= 0.3 is 5.97 Å².